The Morgan fingerprint density at radius 3 is 2.52 bits per heavy atom. The van der Waals surface area contributed by atoms with Gasteiger partial charge in [-0.2, -0.15) is 0 Å². The van der Waals surface area contributed by atoms with Crippen LogP contribution in [0.1, 0.15) is 12.8 Å². The maximum absolute atomic E-state index is 13.6. The molecule has 0 saturated heterocycles. The highest BCUT2D eigenvalue weighted by molar-refractivity contribution is 5.94. The van der Waals surface area contributed by atoms with Gasteiger partial charge in [-0.3, -0.25) is 9.69 Å². The van der Waals surface area contributed by atoms with Crippen molar-refractivity contribution < 1.29 is 23.9 Å². The second-order valence-corrected chi connectivity index (χ2v) is 4.36. The van der Waals surface area contributed by atoms with Gasteiger partial charge >= 0.3 is 12.0 Å². The Kier molecular flexibility index (Phi) is 5.65. The SMILES string of the molecule is CN(C(=O)N[C@@H](CCC(N)=O)C(=O)O)c1ccccc1F. The highest BCUT2D eigenvalue weighted by Crippen LogP contribution is 2.17. The molecule has 3 amide bonds. The summed E-state index contributed by atoms with van der Waals surface area (Å²) < 4.78 is 13.6. The van der Waals surface area contributed by atoms with Crippen molar-refractivity contribution in [3.05, 3.63) is 30.1 Å². The molecule has 1 aromatic carbocycles. The van der Waals surface area contributed by atoms with Crippen molar-refractivity contribution in [1.82, 2.24) is 5.32 Å². The average Bonchev–Trinajstić information content (AvgIpc) is 2.42. The van der Waals surface area contributed by atoms with Crippen molar-refractivity contribution in [2.45, 2.75) is 18.9 Å². The van der Waals surface area contributed by atoms with Crippen LogP contribution in [-0.2, 0) is 9.59 Å². The van der Waals surface area contributed by atoms with Crippen LogP contribution < -0.4 is 16.0 Å². The summed E-state index contributed by atoms with van der Waals surface area (Å²) in [6.07, 6.45) is -0.317. The smallest absolute Gasteiger partial charge is 0.326 e. The normalized spacial score (nSPS) is 11.5. The third kappa shape index (κ3) is 4.75. The number of para-hydroxylation sites is 1. The number of carbonyl (C=O) groups excluding carboxylic acids is 2. The molecule has 0 unspecified atom stereocenters. The number of hydrogen-bond donors (Lipinski definition) is 3. The summed E-state index contributed by atoms with van der Waals surface area (Å²) >= 11 is 0. The zero-order valence-corrected chi connectivity index (χ0v) is 11.4. The minimum atomic E-state index is -1.30. The van der Waals surface area contributed by atoms with E-state index in [1.165, 1.54) is 25.2 Å². The molecule has 1 aromatic rings. The molecule has 114 valence electrons. The summed E-state index contributed by atoms with van der Waals surface area (Å²) in [5, 5.41) is 11.2. The van der Waals surface area contributed by atoms with E-state index in [2.05, 4.69) is 5.32 Å². The van der Waals surface area contributed by atoms with Gasteiger partial charge in [0.25, 0.3) is 0 Å². The summed E-state index contributed by atoms with van der Waals surface area (Å²) in [5.41, 5.74) is 4.95. The molecule has 8 heteroatoms. The van der Waals surface area contributed by atoms with Crippen molar-refractivity contribution >= 4 is 23.6 Å². The highest BCUT2D eigenvalue weighted by atomic mass is 19.1. The third-order valence-corrected chi connectivity index (χ3v) is 2.79. The molecule has 0 aliphatic heterocycles. The first-order valence-electron chi connectivity index (χ1n) is 6.12. The number of aliphatic carboxylic acids is 1. The molecule has 0 aromatic heterocycles. The molecular weight excluding hydrogens is 281 g/mol. The molecule has 0 spiro atoms. The van der Waals surface area contributed by atoms with E-state index in [4.69, 9.17) is 10.8 Å². The van der Waals surface area contributed by atoms with Gasteiger partial charge in [-0.1, -0.05) is 12.1 Å². The number of primary amides is 1. The van der Waals surface area contributed by atoms with Crippen molar-refractivity contribution in [3.8, 4) is 0 Å². The number of amides is 3. The fourth-order valence-electron chi connectivity index (χ4n) is 1.62. The Morgan fingerprint density at radius 1 is 1.38 bits per heavy atom. The molecule has 21 heavy (non-hydrogen) atoms. The number of nitrogens with zero attached hydrogens (tertiary/aromatic N) is 1. The number of carbonyl (C=O) groups is 3. The van der Waals surface area contributed by atoms with Gasteiger partial charge in [0.1, 0.15) is 11.9 Å². The van der Waals surface area contributed by atoms with Crippen LogP contribution in [0.4, 0.5) is 14.9 Å². The molecule has 0 bridgehead atoms. The van der Waals surface area contributed by atoms with E-state index >= 15 is 0 Å². The van der Waals surface area contributed by atoms with Crippen molar-refractivity contribution in [3.63, 3.8) is 0 Å². The minimum absolute atomic E-state index is 0.00837. The molecule has 0 aliphatic carbocycles. The number of benzene rings is 1. The van der Waals surface area contributed by atoms with E-state index in [1.54, 1.807) is 6.07 Å². The zero-order chi connectivity index (χ0) is 16.0. The molecule has 0 heterocycles. The molecule has 0 fully saturated rings. The van der Waals surface area contributed by atoms with Crippen LogP contribution >= 0.6 is 0 Å². The first-order chi connectivity index (χ1) is 9.82. The lowest BCUT2D eigenvalue weighted by Gasteiger charge is -2.21. The van der Waals surface area contributed by atoms with Crippen LogP contribution in [0.3, 0.4) is 0 Å². The number of carboxylic acids is 1. The van der Waals surface area contributed by atoms with Crippen LogP contribution in [0.25, 0.3) is 0 Å². The van der Waals surface area contributed by atoms with Gasteiger partial charge in [0, 0.05) is 13.5 Å². The molecular formula is C13H16FN3O4. The lowest BCUT2D eigenvalue weighted by molar-refractivity contribution is -0.139. The van der Waals surface area contributed by atoms with Gasteiger partial charge in [-0.15, -0.1) is 0 Å². The van der Waals surface area contributed by atoms with Crippen LogP contribution in [0.5, 0.6) is 0 Å². The summed E-state index contributed by atoms with van der Waals surface area (Å²) in [6.45, 7) is 0. The fraction of sp³-hybridized carbons (Fsp3) is 0.308. The topological polar surface area (TPSA) is 113 Å². The van der Waals surface area contributed by atoms with Gasteiger partial charge in [0.15, 0.2) is 0 Å². The van der Waals surface area contributed by atoms with E-state index < -0.39 is 29.8 Å². The zero-order valence-electron chi connectivity index (χ0n) is 11.4. The van der Waals surface area contributed by atoms with E-state index in [1.807, 2.05) is 0 Å². The average molecular weight is 297 g/mol. The summed E-state index contributed by atoms with van der Waals surface area (Å²) in [4.78, 5) is 34.6. The largest absolute Gasteiger partial charge is 0.480 e. The summed E-state index contributed by atoms with van der Waals surface area (Å²) in [7, 11) is 1.31. The summed E-state index contributed by atoms with van der Waals surface area (Å²) in [5.74, 6) is -2.58. The molecule has 1 atom stereocenters. The predicted molar refractivity (Wildman–Crippen MR) is 73.2 cm³/mol. The van der Waals surface area contributed by atoms with Gasteiger partial charge < -0.3 is 16.2 Å². The molecule has 4 N–H and O–H groups in total. The van der Waals surface area contributed by atoms with E-state index in [0.717, 1.165) is 4.90 Å². The van der Waals surface area contributed by atoms with E-state index in [0.29, 0.717) is 0 Å². The molecule has 0 aliphatic rings. The van der Waals surface area contributed by atoms with Crippen molar-refractivity contribution in [2.24, 2.45) is 5.73 Å². The van der Waals surface area contributed by atoms with E-state index in [9.17, 15) is 18.8 Å². The Balaban J connectivity index is 2.75. The van der Waals surface area contributed by atoms with Crippen molar-refractivity contribution in [1.29, 1.82) is 0 Å². The number of carboxylic acid groups (broad SMARTS) is 1. The molecule has 1 rings (SSSR count). The van der Waals surface area contributed by atoms with Crippen LogP contribution in [0.2, 0.25) is 0 Å². The van der Waals surface area contributed by atoms with Gasteiger partial charge in [0.2, 0.25) is 5.91 Å². The van der Waals surface area contributed by atoms with Crippen LogP contribution in [0.15, 0.2) is 24.3 Å². The van der Waals surface area contributed by atoms with Gasteiger partial charge in [-0.05, 0) is 18.6 Å². The monoisotopic (exact) mass is 297 g/mol. The van der Waals surface area contributed by atoms with Crippen molar-refractivity contribution in [2.75, 3.05) is 11.9 Å². The number of anilines is 1. The number of nitrogens with one attached hydrogen (secondary N) is 1. The maximum atomic E-state index is 13.6. The van der Waals surface area contributed by atoms with Crippen LogP contribution in [-0.4, -0.2) is 36.1 Å². The molecule has 0 radical (unpaired) electrons. The highest BCUT2D eigenvalue weighted by Gasteiger charge is 2.23. The third-order valence-electron chi connectivity index (χ3n) is 2.79. The number of nitrogens with two attached hydrogens (primary N) is 1. The fourth-order valence-corrected chi connectivity index (χ4v) is 1.62. The Labute approximate surface area is 120 Å². The number of urea groups is 1. The Bertz CT molecular complexity index is 550. The predicted octanol–water partition coefficient (Wildman–Crippen LogP) is 0.690. The van der Waals surface area contributed by atoms with Crippen LogP contribution in [0, 0.1) is 5.82 Å². The second kappa shape index (κ2) is 7.22. The lowest BCUT2D eigenvalue weighted by Crippen LogP contribution is -2.47. The Morgan fingerprint density at radius 2 is 2.00 bits per heavy atom. The first kappa shape index (κ1) is 16.4. The lowest BCUT2D eigenvalue weighted by atomic mass is 10.1. The first-order valence-corrected chi connectivity index (χ1v) is 6.12. The van der Waals surface area contributed by atoms with Gasteiger partial charge in [0.05, 0.1) is 5.69 Å². The standard InChI is InChI=1S/C13H16FN3O4/c1-17(10-5-3-2-4-8(10)14)13(21)16-9(12(19)20)6-7-11(15)18/h2-5,9H,6-7H2,1H3,(H2,15,18)(H,16,21)(H,19,20)/t9-/m0/s1. The number of rotatable bonds is 6. The number of halogens is 1. The molecule has 0 saturated carbocycles. The molecule has 7 nitrogen and oxygen atoms in total. The minimum Gasteiger partial charge on any atom is -0.480 e. The maximum Gasteiger partial charge on any atom is 0.326 e. The number of hydrogen-bond acceptors (Lipinski definition) is 3. The summed E-state index contributed by atoms with van der Waals surface area (Å²) in [6, 6.07) is 3.51. The van der Waals surface area contributed by atoms with Gasteiger partial charge in [-0.25, -0.2) is 14.0 Å². The Hall–Kier alpha value is -2.64. The quantitative estimate of drug-likeness (QED) is 0.717. The van der Waals surface area contributed by atoms with E-state index in [-0.39, 0.29) is 18.5 Å². The second-order valence-electron chi connectivity index (χ2n) is 4.36.